The molecule has 1 atom stereocenters. The van der Waals surface area contributed by atoms with E-state index in [1.54, 1.807) is 0 Å². The molecule has 3 rings (SSSR count). The van der Waals surface area contributed by atoms with E-state index in [0.29, 0.717) is 12.0 Å². The Labute approximate surface area is 101 Å². The van der Waals surface area contributed by atoms with Crippen molar-refractivity contribution in [3.05, 3.63) is 5.82 Å². The molecule has 1 unspecified atom stereocenters. The number of nitrogens with one attached hydrogen (secondary N) is 1. The van der Waals surface area contributed by atoms with Gasteiger partial charge >= 0.3 is 0 Å². The van der Waals surface area contributed by atoms with Gasteiger partial charge in [-0.15, -0.1) is 0 Å². The number of hydrogen-bond donors (Lipinski definition) is 1. The van der Waals surface area contributed by atoms with Crippen LogP contribution in [0.3, 0.4) is 0 Å². The lowest BCUT2D eigenvalue weighted by Crippen LogP contribution is -2.18. The summed E-state index contributed by atoms with van der Waals surface area (Å²) in [6, 6.07) is 0.604. The lowest BCUT2D eigenvalue weighted by molar-refractivity contribution is 0.586. The first-order valence-electron chi connectivity index (χ1n) is 6.45. The van der Waals surface area contributed by atoms with Crippen molar-refractivity contribution in [2.75, 3.05) is 5.32 Å². The summed E-state index contributed by atoms with van der Waals surface area (Å²) >= 11 is 1.54. The highest BCUT2D eigenvalue weighted by Crippen LogP contribution is 2.39. The molecule has 88 valence electrons. The fourth-order valence-corrected chi connectivity index (χ4v) is 2.78. The summed E-state index contributed by atoms with van der Waals surface area (Å²) in [6.45, 7) is 2.25. The van der Waals surface area contributed by atoms with Gasteiger partial charge < -0.3 is 5.32 Å². The highest BCUT2D eigenvalue weighted by molar-refractivity contribution is 7.09. The minimum Gasteiger partial charge on any atom is -0.358 e. The van der Waals surface area contributed by atoms with Gasteiger partial charge in [-0.2, -0.15) is 4.37 Å². The van der Waals surface area contributed by atoms with Crippen LogP contribution in [0, 0.1) is 5.92 Å². The van der Waals surface area contributed by atoms with E-state index >= 15 is 0 Å². The van der Waals surface area contributed by atoms with Crippen molar-refractivity contribution >= 4 is 16.7 Å². The maximum Gasteiger partial charge on any atom is 0.202 e. The molecule has 0 saturated heterocycles. The molecular weight excluding hydrogens is 218 g/mol. The summed E-state index contributed by atoms with van der Waals surface area (Å²) in [6.07, 6.45) is 7.94. The molecule has 4 heteroatoms. The maximum atomic E-state index is 4.58. The summed E-state index contributed by atoms with van der Waals surface area (Å²) in [4.78, 5) is 4.58. The second kappa shape index (κ2) is 4.32. The zero-order valence-corrected chi connectivity index (χ0v) is 10.6. The largest absolute Gasteiger partial charge is 0.358 e. The lowest BCUT2D eigenvalue weighted by Gasteiger charge is -2.14. The van der Waals surface area contributed by atoms with E-state index < -0.39 is 0 Å². The van der Waals surface area contributed by atoms with E-state index in [0.717, 1.165) is 16.9 Å². The topological polar surface area (TPSA) is 37.8 Å². The van der Waals surface area contributed by atoms with Crippen LogP contribution in [0.1, 0.15) is 57.2 Å². The molecule has 2 fully saturated rings. The van der Waals surface area contributed by atoms with Gasteiger partial charge in [-0.3, -0.25) is 0 Å². The first-order chi connectivity index (χ1) is 7.85. The first-order valence-corrected chi connectivity index (χ1v) is 7.22. The van der Waals surface area contributed by atoms with Crippen molar-refractivity contribution in [2.24, 2.45) is 5.92 Å². The molecule has 2 aliphatic rings. The number of nitrogens with zero attached hydrogens (tertiary/aromatic N) is 2. The average Bonchev–Trinajstić information content (AvgIpc) is 3.19. The second-order valence-electron chi connectivity index (χ2n) is 5.16. The maximum absolute atomic E-state index is 4.58. The van der Waals surface area contributed by atoms with Crippen LogP contribution < -0.4 is 5.32 Å². The van der Waals surface area contributed by atoms with Crippen LogP contribution in [0.15, 0.2) is 0 Å². The molecule has 1 heterocycles. The molecule has 0 radical (unpaired) electrons. The zero-order valence-electron chi connectivity index (χ0n) is 9.78. The fraction of sp³-hybridized carbons (Fsp3) is 0.833. The Kier molecular flexibility index (Phi) is 2.84. The predicted octanol–water partition coefficient (Wildman–Crippen LogP) is 3.41. The number of anilines is 1. The standard InChI is InChI=1S/C12H19N3S/c1-2-10(7-8-3-4-8)13-12-14-11(15-16-12)9-5-6-9/h8-10H,2-7H2,1H3,(H,13,14,15). The first kappa shape index (κ1) is 10.5. The number of hydrogen-bond acceptors (Lipinski definition) is 4. The minimum atomic E-state index is 0.604. The molecule has 2 aliphatic carbocycles. The molecule has 1 N–H and O–H groups in total. The average molecular weight is 237 g/mol. The Hall–Kier alpha value is -0.640. The monoisotopic (exact) mass is 237 g/mol. The third-order valence-electron chi connectivity index (χ3n) is 3.52. The summed E-state index contributed by atoms with van der Waals surface area (Å²) in [7, 11) is 0. The van der Waals surface area contributed by atoms with Gasteiger partial charge in [0.15, 0.2) is 0 Å². The Morgan fingerprint density at radius 1 is 1.38 bits per heavy atom. The third-order valence-corrected chi connectivity index (χ3v) is 4.18. The molecule has 0 aliphatic heterocycles. The Bertz CT molecular complexity index is 355. The summed E-state index contributed by atoms with van der Waals surface area (Å²) in [5.74, 6) is 2.73. The Balaban J connectivity index is 1.57. The van der Waals surface area contributed by atoms with Crippen LogP contribution in [0.25, 0.3) is 0 Å². The fourth-order valence-electron chi connectivity index (χ4n) is 2.06. The smallest absolute Gasteiger partial charge is 0.202 e. The van der Waals surface area contributed by atoms with Gasteiger partial charge in [-0.05, 0) is 31.6 Å². The molecule has 0 aromatic carbocycles. The Morgan fingerprint density at radius 3 is 2.81 bits per heavy atom. The van der Waals surface area contributed by atoms with Crippen molar-refractivity contribution in [1.29, 1.82) is 0 Å². The van der Waals surface area contributed by atoms with E-state index in [9.17, 15) is 0 Å². The van der Waals surface area contributed by atoms with E-state index in [-0.39, 0.29) is 0 Å². The van der Waals surface area contributed by atoms with Crippen LogP contribution >= 0.6 is 11.5 Å². The van der Waals surface area contributed by atoms with Crippen molar-refractivity contribution < 1.29 is 0 Å². The minimum absolute atomic E-state index is 0.604. The van der Waals surface area contributed by atoms with E-state index in [1.165, 1.54) is 50.1 Å². The molecule has 3 nitrogen and oxygen atoms in total. The summed E-state index contributed by atoms with van der Waals surface area (Å²) in [5.41, 5.74) is 0. The van der Waals surface area contributed by atoms with Gasteiger partial charge in [-0.25, -0.2) is 4.98 Å². The molecular formula is C12H19N3S. The Morgan fingerprint density at radius 2 is 2.19 bits per heavy atom. The molecule has 1 aromatic heterocycles. The van der Waals surface area contributed by atoms with Crippen LogP contribution in [0.4, 0.5) is 5.13 Å². The molecule has 1 aromatic rings. The predicted molar refractivity (Wildman–Crippen MR) is 66.9 cm³/mol. The van der Waals surface area contributed by atoms with Crippen LogP contribution in [0.2, 0.25) is 0 Å². The SMILES string of the molecule is CCC(CC1CC1)Nc1nc(C2CC2)ns1. The lowest BCUT2D eigenvalue weighted by atomic mass is 10.1. The molecule has 0 bridgehead atoms. The van der Waals surface area contributed by atoms with E-state index in [1.807, 2.05) is 0 Å². The highest BCUT2D eigenvalue weighted by Gasteiger charge is 2.29. The third kappa shape index (κ3) is 2.54. The van der Waals surface area contributed by atoms with Gasteiger partial charge in [0.2, 0.25) is 5.13 Å². The zero-order chi connectivity index (χ0) is 11.0. The van der Waals surface area contributed by atoms with Crippen molar-refractivity contribution in [3.63, 3.8) is 0 Å². The van der Waals surface area contributed by atoms with Crippen molar-refractivity contribution in [2.45, 2.75) is 57.4 Å². The van der Waals surface area contributed by atoms with Crippen molar-refractivity contribution in [3.8, 4) is 0 Å². The van der Waals surface area contributed by atoms with Crippen LogP contribution in [-0.4, -0.2) is 15.4 Å². The van der Waals surface area contributed by atoms with E-state index in [2.05, 4.69) is 21.6 Å². The second-order valence-corrected chi connectivity index (χ2v) is 5.91. The van der Waals surface area contributed by atoms with Gasteiger partial charge in [0.05, 0.1) is 0 Å². The normalized spacial score (nSPS) is 22.1. The molecule has 0 amide bonds. The molecule has 0 spiro atoms. The van der Waals surface area contributed by atoms with Crippen LogP contribution in [-0.2, 0) is 0 Å². The summed E-state index contributed by atoms with van der Waals surface area (Å²) in [5, 5.41) is 4.58. The van der Waals surface area contributed by atoms with E-state index in [4.69, 9.17) is 0 Å². The van der Waals surface area contributed by atoms with Crippen LogP contribution in [0.5, 0.6) is 0 Å². The number of aromatic nitrogens is 2. The number of rotatable bonds is 6. The van der Waals surface area contributed by atoms with Gasteiger partial charge in [0, 0.05) is 23.5 Å². The van der Waals surface area contributed by atoms with Gasteiger partial charge in [0.1, 0.15) is 5.82 Å². The van der Waals surface area contributed by atoms with Gasteiger partial charge in [-0.1, -0.05) is 19.8 Å². The quantitative estimate of drug-likeness (QED) is 0.824. The molecule has 16 heavy (non-hydrogen) atoms. The molecule has 2 saturated carbocycles. The highest BCUT2D eigenvalue weighted by atomic mass is 32.1. The summed E-state index contributed by atoms with van der Waals surface area (Å²) < 4.78 is 4.43. The van der Waals surface area contributed by atoms with Crippen molar-refractivity contribution in [1.82, 2.24) is 9.36 Å². The van der Waals surface area contributed by atoms with Gasteiger partial charge in [0.25, 0.3) is 0 Å².